The van der Waals surface area contributed by atoms with Gasteiger partial charge in [-0.2, -0.15) is 0 Å². The molecule has 2 rings (SSSR count). The number of hydrogen-bond donors (Lipinski definition) is 2. The van der Waals surface area contributed by atoms with Gasteiger partial charge in [-0.3, -0.25) is 5.84 Å². The van der Waals surface area contributed by atoms with E-state index in [0.29, 0.717) is 0 Å². The second kappa shape index (κ2) is 5.55. The first-order valence-electron chi connectivity index (χ1n) is 6.64. The van der Waals surface area contributed by atoms with Crippen molar-refractivity contribution in [2.75, 3.05) is 0 Å². The molecular formula is C17H22N2. The molecule has 19 heavy (non-hydrogen) atoms. The summed E-state index contributed by atoms with van der Waals surface area (Å²) in [6, 6.07) is 12.9. The maximum Gasteiger partial charge on any atom is 0.0715 e. The van der Waals surface area contributed by atoms with Gasteiger partial charge in [-0.25, -0.2) is 5.43 Å². The number of hydrazine groups is 1. The molecule has 2 heteroatoms. The van der Waals surface area contributed by atoms with E-state index in [2.05, 4.69) is 69.5 Å². The van der Waals surface area contributed by atoms with Crippen LogP contribution in [0.3, 0.4) is 0 Å². The smallest absolute Gasteiger partial charge is 0.0715 e. The minimum absolute atomic E-state index is 0.0421. The van der Waals surface area contributed by atoms with Crippen LogP contribution in [0.25, 0.3) is 0 Å². The van der Waals surface area contributed by atoms with Crippen LogP contribution in [0.1, 0.15) is 39.4 Å². The van der Waals surface area contributed by atoms with Gasteiger partial charge in [0.25, 0.3) is 0 Å². The molecule has 0 bridgehead atoms. The van der Waals surface area contributed by atoms with E-state index >= 15 is 0 Å². The molecule has 100 valence electrons. The highest BCUT2D eigenvalue weighted by Gasteiger charge is 2.17. The van der Waals surface area contributed by atoms with Gasteiger partial charge >= 0.3 is 0 Å². The van der Waals surface area contributed by atoms with Gasteiger partial charge in [0.1, 0.15) is 0 Å². The molecule has 0 aliphatic rings. The molecule has 3 N–H and O–H groups in total. The summed E-state index contributed by atoms with van der Waals surface area (Å²) < 4.78 is 0. The summed E-state index contributed by atoms with van der Waals surface area (Å²) in [6.07, 6.45) is 0. The van der Waals surface area contributed by atoms with Crippen molar-refractivity contribution in [1.82, 2.24) is 5.43 Å². The lowest BCUT2D eigenvalue weighted by Gasteiger charge is -2.22. The van der Waals surface area contributed by atoms with Crippen LogP contribution >= 0.6 is 0 Å². The zero-order valence-corrected chi connectivity index (χ0v) is 12.1. The number of hydrogen-bond acceptors (Lipinski definition) is 2. The summed E-state index contributed by atoms with van der Waals surface area (Å²) in [5.41, 5.74) is 10.6. The molecule has 0 radical (unpaired) electrons. The third-order valence-electron chi connectivity index (χ3n) is 3.86. The van der Waals surface area contributed by atoms with E-state index in [1.165, 1.54) is 33.4 Å². The van der Waals surface area contributed by atoms with Gasteiger partial charge in [0, 0.05) is 0 Å². The van der Waals surface area contributed by atoms with Crippen molar-refractivity contribution in [3.05, 3.63) is 69.8 Å². The fourth-order valence-electron chi connectivity index (χ4n) is 2.58. The second-order valence-corrected chi connectivity index (χ2v) is 5.25. The molecule has 0 saturated carbocycles. The highest BCUT2D eigenvalue weighted by Crippen LogP contribution is 2.28. The summed E-state index contributed by atoms with van der Waals surface area (Å²) in [6.45, 7) is 8.53. The van der Waals surface area contributed by atoms with Gasteiger partial charge in [-0.1, -0.05) is 42.0 Å². The van der Waals surface area contributed by atoms with Gasteiger partial charge in [0.05, 0.1) is 6.04 Å². The predicted molar refractivity (Wildman–Crippen MR) is 81.0 cm³/mol. The van der Waals surface area contributed by atoms with Gasteiger partial charge < -0.3 is 0 Å². The Balaban J connectivity index is 2.53. The minimum atomic E-state index is 0.0421. The van der Waals surface area contributed by atoms with Gasteiger partial charge in [-0.15, -0.1) is 0 Å². The molecule has 2 aromatic carbocycles. The molecule has 0 aliphatic heterocycles. The summed E-state index contributed by atoms with van der Waals surface area (Å²) in [5, 5.41) is 0. The standard InChI is InChI=1S/C17H22N2/c1-11-8-9-15(13(3)10-11)17(19-18)16-7-5-6-12(2)14(16)4/h5-10,17,19H,18H2,1-4H3. The maximum atomic E-state index is 5.81. The van der Waals surface area contributed by atoms with Gasteiger partial charge in [0.15, 0.2) is 0 Å². The number of aryl methyl sites for hydroxylation is 3. The Morgan fingerprint density at radius 1 is 0.895 bits per heavy atom. The lowest BCUT2D eigenvalue weighted by atomic mass is 9.90. The van der Waals surface area contributed by atoms with Crippen molar-refractivity contribution in [3.8, 4) is 0 Å². The van der Waals surface area contributed by atoms with Crippen LogP contribution in [0.4, 0.5) is 0 Å². The van der Waals surface area contributed by atoms with Crippen molar-refractivity contribution in [2.45, 2.75) is 33.7 Å². The number of nitrogens with one attached hydrogen (secondary N) is 1. The van der Waals surface area contributed by atoms with Crippen molar-refractivity contribution >= 4 is 0 Å². The van der Waals surface area contributed by atoms with E-state index in [1.807, 2.05) is 0 Å². The van der Waals surface area contributed by atoms with Crippen molar-refractivity contribution in [1.29, 1.82) is 0 Å². The molecule has 1 unspecified atom stereocenters. The first-order chi connectivity index (χ1) is 9.04. The Labute approximate surface area is 115 Å². The van der Waals surface area contributed by atoms with E-state index in [1.54, 1.807) is 0 Å². The normalized spacial score (nSPS) is 12.5. The highest BCUT2D eigenvalue weighted by atomic mass is 15.2. The molecule has 0 fully saturated rings. The van der Waals surface area contributed by atoms with Crippen LogP contribution in [-0.2, 0) is 0 Å². The predicted octanol–water partition coefficient (Wildman–Crippen LogP) is 3.47. The third-order valence-corrected chi connectivity index (χ3v) is 3.86. The van der Waals surface area contributed by atoms with Crippen LogP contribution in [0.2, 0.25) is 0 Å². The monoisotopic (exact) mass is 254 g/mol. The minimum Gasteiger partial charge on any atom is -0.271 e. The zero-order chi connectivity index (χ0) is 14.0. The molecule has 0 spiro atoms. The second-order valence-electron chi connectivity index (χ2n) is 5.25. The maximum absolute atomic E-state index is 5.81. The Morgan fingerprint density at radius 3 is 2.26 bits per heavy atom. The Hall–Kier alpha value is -1.64. The summed E-state index contributed by atoms with van der Waals surface area (Å²) >= 11 is 0. The molecule has 0 aliphatic carbocycles. The number of nitrogens with two attached hydrogens (primary N) is 1. The first-order valence-corrected chi connectivity index (χ1v) is 6.64. The summed E-state index contributed by atoms with van der Waals surface area (Å²) in [7, 11) is 0. The van der Waals surface area contributed by atoms with E-state index in [0.717, 1.165) is 0 Å². The zero-order valence-electron chi connectivity index (χ0n) is 12.1. The third kappa shape index (κ3) is 2.70. The summed E-state index contributed by atoms with van der Waals surface area (Å²) in [5.74, 6) is 5.81. The van der Waals surface area contributed by atoms with Gasteiger partial charge in [-0.05, 0) is 55.5 Å². The van der Waals surface area contributed by atoms with Crippen molar-refractivity contribution in [2.24, 2.45) is 5.84 Å². The average Bonchev–Trinajstić information content (AvgIpc) is 2.37. The Bertz CT molecular complexity index is 588. The lowest BCUT2D eigenvalue weighted by molar-refractivity contribution is 0.630. The topological polar surface area (TPSA) is 38.0 Å². The van der Waals surface area contributed by atoms with Crippen LogP contribution < -0.4 is 11.3 Å². The first kappa shape index (κ1) is 13.8. The SMILES string of the molecule is Cc1ccc(C(NN)c2cccc(C)c2C)c(C)c1. The largest absolute Gasteiger partial charge is 0.271 e. The van der Waals surface area contributed by atoms with Crippen LogP contribution in [0, 0.1) is 27.7 Å². The molecule has 0 heterocycles. The fourth-order valence-corrected chi connectivity index (χ4v) is 2.58. The molecule has 1 atom stereocenters. The number of benzene rings is 2. The molecule has 2 aromatic rings. The molecule has 0 saturated heterocycles. The molecule has 0 amide bonds. The van der Waals surface area contributed by atoms with Crippen LogP contribution in [-0.4, -0.2) is 0 Å². The van der Waals surface area contributed by atoms with Crippen LogP contribution in [0.5, 0.6) is 0 Å². The number of rotatable bonds is 3. The van der Waals surface area contributed by atoms with Gasteiger partial charge in [0.2, 0.25) is 0 Å². The van der Waals surface area contributed by atoms with E-state index in [4.69, 9.17) is 5.84 Å². The van der Waals surface area contributed by atoms with E-state index in [-0.39, 0.29) is 6.04 Å². The average molecular weight is 254 g/mol. The molecule has 0 aromatic heterocycles. The van der Waals surface area contributed by atoms with Crippen molar-refractivity contribution < 1.29 is 0 Å². The quantitative estimate of drug-likeness (QED) is 0.650. The lowest BCUT2D eigenvalue weighted by Crippen LogP contribution is -2.30. The van der Waals surface area contributed by atoms with Crippen molar-refractivity contribution in [3.63, 3.8) is 0 Å². The summed E-state index contributed by atoms with van der Waals surface area (Å²) in [4.78, 5) is 0. The molecule has 2 nitrogen and oxygen atoms in total. The van der Waals surface area contributed by atoms with Crippen LogP contribution in [0.15, 0.2) is 36.4 Å². The Kier molecular flexibility index (Phi) is 4.03. The highest BCUT2D eigenvalue weighted by molar-refractivity contribution is 5.43. The van der Waals surface area contributed by atoms with E-state index in [9.17, 15) is 0 Å². The fraction of sp³-hybridized carbons (Fsp3) is 0.294. The molecular weight excluding hydrogens is 232 g/mol. The van der Waals surface area contributed by atoms with E-state index < -0.39 is 0 Å². The Morgan fingerprint density at radius 2 is 1.63 bits per heavy atom.